The fraction of sp³-hybridized carbons (Fsp3) is 0.556. The van der Waals surface area contributed by atoms with Crippen molar-refractivity contribution in [1.29, 1.82) is 0 Å². The summed E-state index contributed by atoms with van der Waals surface area (Å²) >= 11 is 0. The first kappa shape index (κ1) is 25.3. The number of fused-ring (bicyclic) bond motifs is 1. The Morgan fingerprint density at radius 3 is 2.51 bits per heavy atom. The van der Waals surface area contributed by atoms with Crippen molar-refractivity contribution in [3.8, 4) is 11.8 Å². The van der Waals surface area contributed by atoms with E-state index in [0.717, 1.165) is 63.7 Å². The minimum atomic E-state index is 0.249. The third kappa shape index (κ3) is 5.64. The van der Waals surface area contributed by atoms with Crippen LogP contribution in [0, 0.1) is 0 Å². The van der Waals surface area contributed by atoms with Gasteiger partial charge in [-0.15, -0.1) is 10.2 Å². The lowest BCUT2D eigenvalue weighted by atomic mass is 9.89. The molecule has 2 aliphatic rings. The van der Waals surface area contributed by atoms with Crippen LogP contribution in [0.15, 0.2) is 36.4 Å². The Morgan fingerprint density at radius 2 is 1.81 bits per heavy atom. The van der Waals surface area contributed by atoms with Crippen molar-refractivity contribution in [2.24, 2.45) is 0 Å². The number of aromatic nitrogens is 4. The lowest BCUT2D eigenvalue weighted by Crippen LogP contribution is -2.54. The molecule has 0 spiro atoms. The number of anilines is 1. The van der Waals surface area contributed by atoms with E-state index in [1.54, 1.807) is 11.6 Å². The van der Waals surface area contributed by atoms with E-state index in [4.69, 9.17) is 9.47 Å². The van der Waals surface area contributed by atoms with Crippen LogP contribution in [0.4, 0.5) is 5.82 Å². The molecule has 10 heteroatoms. The second kappa shape index (κ2) is 11.3. The van der Waals surface area contributed by atoms with Crippen LogP contribution in [0.2, 0.25) is 0 Å². The Balaban J connectivity index is 1.08. The van der Waals surface area contributed by atoms with Gasteiger partial charge >= 0.3 is 6.01 Å². The van der Waals surface area contributed by atoms with E-state index in [0.29, 0.717) is 36.6 Å². The summed E-state index contributed by atoms with van der Waals surface area (Å²) in [6, 6.07) is 13.3. The second-order valence-electron chi connectivity index (χ2n) is 9.91. The van der Waals surface area contributed by atoms with Crippen molar-refractivity contribution in [3.63, 3.8) is 0 Å². The number of piperidine rings is 1. The summed E-state index contributed by atoms with van der Waals surface area (Å²) in [4.78, 5) is 18.7. The summed E-state index contributed by atoms with van der Waals surface area (Å²) in [5.41, 5.74) is 2.04. The second-order valence-corrected chi connectivity index (χ2v) is 9.91. The molecule has 0 aliphatic carbocycles. The summed E-state index contributed by atoms with van der Waals surface area (Å²) < 4.78 is 13.0. The SMILES string of the molecule is CCC(=O)N1CCN(CCOc2ccc(C3CCN(c4ccc5nnc(OC)n5n4)CC3)cc2)C(C)C1. The van der Waals surface area contributed by atoms with E-state index in [2.05, 4.69) is 56.3 Å². The predicted molar refractivity (Wildman–Crippen MR) is 141 cm³/mol. The number of rotatable bonds is 8. The fourth-order valence-electron chi connectivity index (χ4n) is 5.39. The number of piperazine rings is 1. The normalized spacial score (nSPS) is 19.4. The monoisotopic (exact) mass is 507 g/mol. The highest BCUT2D eigenvalue weighted by Crippen LogP contribution is 2.31. The van der Waals surface area contributed by atoms with Crippen molar-refractivity contribution < 1.29 is 14.3 Å². The van der Waals surface area contributed by atoms with Gasteiger partial charge in [-0.2, -0.15) is 4.52 Å². The summed E-state index contributed by atoms with van der Waals surface area (Å²) in [7, 11) is 1.58. The van der Waals surface area contributed by atoms with Crippen LogP contribution in [0.3, 0.4) is 0 Å². The van der Waals surface area contributed by atoms with Gasteiger partial charge in [0.1, 0.15) is 18.2 Å². The highest BCUT2D eigenvalue weighted by Gasteiger charge is 2.26. The zero-order chi connectivity index (χ0) is 25.8. The lowest BCUT2D eigenvalue weighted by molar-refractivity contribution is -0.133. The van der Waals surface area contributed by atoms with E-state index in [9.17, 15) is 4.79 Å². The smallest absolute Gasteiger partial charge is 0.338 e. The maximum absolute atomic E-state index is 12.0. The Bertz CT molecular complexity index is 1190. The first-order valence-electron chi connectivity index (χ1n) is 13.3. The van der Waals surface area contributed by atoms with Gasteiger partial charge in [0, 0.05) is 51.7 Å². The van der Waals surface area contributed by atoms with Gasteiger partial charge in [-0.05, 0) is 55.5 Å². The predicted octanol–water partition coefficient (Wildman–Crippen LogP) is 2.84. The van der Waals surface area contributed by atoms with Gasteiger partial charge in [0.25, 0.3) is 0 Å². The number of hydrogen-bond donors (Lipinski definition) is 0. The molecule has 37 heavy (non-hydrogen) atoms. The standard InChI is InChI=1S/C27H37N7O3/c1-4-26(35)33-16-15-31(20(2)19-33)17-18-37-23-7-5-21(6-8-23)22-11-13-32(14-12-22)25-10-9-24-28-29-27(36-3)34(24)30-25/h5-10,20,22H,4,11-19H2,1-3H3. The molecule has 0 bridgehead atoms. The van der Waals surface area contributed by atoms with Crippen molar-refractivity contribution in [3.05, 3.63) is 42.0 Å². The molecule has 1 amide bonds. The van der Waals surface area contributed by atoms with Gasteiger partial charge in [-0.25, -0.2) is 0 Å². The highest BCUT2D eigenvalue weighted by atomic mass is 16.5. The third-order valence-corrected chi connectivity index (χ3v) is 7.64. The van der Waals surface area contributed by atoms with Gasteiger partial charge < -0.3 is 19.3 Å². The molecular weight excluding hydrogens is 470 g/mol. The van der Waals surface area contributed by atoms with Crippen LogP contribution < -0.4 is 14.4 Å². The van der Waals surface area contributed by atoms with Crippen molar-refractivity contribution in [2.45, 2.75) is 45.1 Å². The number of nitrogens with zero attached hydrogens (tertiary/aromatic N) is 7. The Morgan fingerprint density at radius 1 is 1.03 bits per heavy atom. The van der Waals surface area contributed by atoms with Crippen LogP contribution in [-0.4, -0.2) is 94.5 Å². The molecule has 2 saturated heterocycles. The molecule has 1 aromatic carbocycles. The molecule has 5 rings (SSSR count). The average Bonchev–Trinajstić information content (AvgIpc) is 3.36. The highest BCUT2D eigenvalue weighted by molar-refractivity contribution is 5.75. The number of amides is 1. The largest absolute Gasteiger partial charge is 0.492 e. The zero-order valence-corrected chi connectivity index (χ0v) is 22.0. The minimum absolute atomic E-state index is 0.249. The maximum Gasteiger partial charge on any atom is 0.338 e. The number of benzene rings is 1. The van der Waals surface area contributed by atoms with E-state index in [-0.39, 0.29) is 5.91 Å². The van der Waals surface area contributed by atoms with E-state index in [1.807, 2.05) is 24.0 Å². The van der Waals surface area contributed by atoms with Gasteiger partial charge in [0.05, 0.1) is 7.11 Å². The molecule has 2 aliphatic heterocycles. The van der Waals surface area contributed by atoms with E-state index in [1.165, 1.54) is 5.56 Å². The molecule has 0 N–H and O–H groups in total. The van der Waals surface area contributed by atoms with Gasteiger partial charge in [-0.1, -0.05) is 24.2 Å². The van der Waals surface area contributed by atoms with Gasteiger partial charge in [0.2, 0.25) is 5.91 Å². The topological polar surface area (TPSA) is 88.3 Å². The van der Waals surface area contributed by atoms with Crippen molar-refractivity contribution in [2.75, 3.05) is 57.9 Å². The van der Waals surface area contributed by atoms with Gasteiger partial charge in [-0.3, -0.25) is 9.69 Å². The Kier molecular flexibility index (Phi) is 7.73. The van der Waals surface area contributed by atoms with Crippen LogP contribution in [0.25, 0.3) is 5.65 Å². The van der Waals surface area contributed by atoms with E-state index >= 15 is 0 Å². The quantitative estimate of drug-likeness (QED) is 0.460. The van der Waals surface area contributed by atoms with Crippen LogP contribution in [0.1, 0.15) is 44.6 Å². The summed E-state index contributed by atoms with van der Waals surface area (Å²) in [5.74, 6) is 2.61. The van der Waals surface area contributed by atoms with Crippen LogP contribution in [0.5, 0.6) is 11.8 Å². The molecule has 10 nitrogen and oxygen atoms in total. The summed E-state index contributed by atoms with van der Waals surface area (Å²) in [6.45, 7) is 10.1. The molecule has 0 saturated carbocycles. The average molecular weight is 508 g/mol. The molecule has 0 radical (unpaired) electrons. The summed E-state index contributed by atoms with van der Waals surface area (Å²) in [6.07, 6.45) is 2.73. The summed E-state index contributed by atoms with van der Waals surface area (Å²) in [5, 5.41) is 12.7. The minimum Gasteiger partial charge on any atom is -0.492 e. The number of carbonyl (C=O) groups excluding carboxylic acids is 1. The van der Waals surface area contributed by atoms with Crippen LogP contribution >= 0.6 is 0 Å². The molecule has 4 heterocycles. The molecule has 1 atom stereocenters. The van der Waals surface area contributed by atoms with Crippen molar-refractivity contribution >= 4 is 17.4 Å². The molecular formula is C27H37N7O3. The molecule has 2 fully saturated rings. The first-order chi connectivity index (χ1) is 18.1. The van der Waals surface area contributed by atoms with E-state index < -0.39 is 0 Å². The maximum atomic E-state index is 12.0. The Labute approximate surface area is 218 Å². The van der Waals surface area contributed by atoms with Crippen LogP contribution in [-0.2, 0) is 4.79 Å². The first-order valence-corrected chi connectivity index (χ1v) is 13.3. The molecule has 198 valence electrons. The van der Waals surface area contributed by atoms with Crippen molar-refractivity contribution in [1.82, 2.24) is 29.6 Å². The number of ether oxygens (including phenoxy) is 2. The fourth-order valence-corrected chi connectivity index (χ4v) is 5.39. The number of carbonyl (C=O) groups is 1. The lowest BCUT2D eigenvalue weighted by Gasteiger charge is -2.39. The molecule has 2 aromatic heterocycles. The zero-order valence-electron chi connectivity index (χ0n) is 22.0. The molecule has 3 aromatic rings. The molecule has 1 unspecified atom stereocenters. The number of hydrogen-bond acceptors (Lipinski definition) is 8. The number of methoxy groups -OCH3 is 1. The third-order valence-electron chi connectivity index (χ3n) is 7.64. The van der Waals surface area contributed by atoms with Gasteiger partial charge in [0.15, 0.2) is 5.65 Å². The Hall–Kier alpha value is -3.40.